The Kier molecular flexibility index (Phi) is 4.26. The van der Waals surface area contributed by atoms with Crippen molar-refractivity contribution in [1.82, 2.24) is 0 Å². The zero-order chi connectivity index (χ0) is 8.15. The Hall–Kier alpha value is -0.390. The van der Waals surface area contributed by atoms with Gasteiger partial charge >= 0.3 is 0 Å². The van der Waals surface area contributed by atoms with Gasteiger partial charge in [-0.25, -0.2) is 22.0 Å². The van der Waals surface area contributed by atoms with Crippen molar-refractivity contribution in [2.75, 3.05) is 6.61 Å². The molecular formula is C4H5F5O. The third kappa shape index (κ3) is 4.49. The van der Waals surface area contributed by atoms with Gasteiger partial charge in [0.05, 0.1) is 0 Å². The van der Waals surface area contributed by atoms with E-state index >= 15 is 0 Å². The zero-order valence-electron chi connectivity index (χ0n) is 4.74. The summed E-state index contributed by atoms with van der Waals surface area (Å²) in [6, 6.07) is 0. The molecule has 0 saturated heterocycles. The van der Waals surface area contributed by atoms with E-state index in [4.69, 9.17) is 0 Å². The molecule has 0 bridgehead atoms. The molecular weight excluding hydrogens is 159 g/mol. The lowest BCUT2D eigenvalue weighted by Gasteiger charge is -2.06. The highest BCUT2D eigenvalue weighted by Gasteiger charge is 2.20. The first-order valence-corrected chi connectivity index (χ1v) is 2.36. The van der Waals surface area contributed by atoms with Gasteiger partial charge in [-0.05, 0) is 0 Å². The molecule has 0 rings (SSSR count). The van der Waals surface area contributed by atoms with Crippen molar-refractivity contribution in [3.63, 3.8) is 0 Å². The van der Waals surface area contributed by atoms with Crippen LogP contribution in [0.3, 0.4) is 0 Å². The van der Waals surface area contributed by atoms with E-state index in [2.05, 4.69) is 4.74 Å². The maximum absolute atomic E-state index is 11.6. The van der Waals surface area contributed by atoms with Crippen molar-refractivity contribution in [3.8, 4) is 0 Å². The largest absolute Gasteiger partial charge is 0.338 e. The number of rotatable bonds is 4. The van der Waals surface area contributed by atoms with Gasteiger partial charge in [0.2, 0.25) is 0 Å². The van der Waals surface area contributed by atoms with E-state index in [0.29, 0.717) is 0 Å². The van der Waals surface area contributed by atoms with E-state index in [1.807, 2.05) is 0 Å². The van der Waals surface area contributed by atoms with Crippen LogP contribution in [0.1, 0.15) is 0 Å². The summed E-state index contributed by atoms with van der Waals surface area (Å²) in [7, 11) is 0. The predicted molar refractivity (Wildman–Crippen MR) is 22.9 cm³/mol. The van der Waals surface area contributed by atoms with Gasteiger partial charge in [-0.3, -0.25) is 0 Å². The van der Waals surface area contributed by atoms with Gasteiger partial charge in [0.25, 0.3) is 19.2 Å². The quantitative estimate of drug-likeness (QED) is 0.576. The molecule has 0 aromatic rings. The summed E-state index contributed by atoms with van der Waals surface area (Å²) in [6.07, 6.45) is -9.19. The van der Waals surface area contributed by atoms with Crippen LogP contribution < -0.4 is 0 Å². The van der Waals surface area contributed by atoms with Crippen molar-refractivity contribution in [2.45, 2.75) is 19.2 Å². The van der Waals surface area contributed by atoms with Gasteiger partial charge in [-0.1, -0.05) is 0 Å². The monoisotopic (exact) mass is 164 g/mol. The molecule has 0 aliphatic carbocycles. The molecule has 10 heavy (non-hydrogen) atoms. The maximum Gasteiger partial charge on any atom is 0.293 e. The van der Waals surface area contributed by atoms with Crippen molar-refractivity contribution in [2.24, 2.45) is 0 Å². The maximum atomic E-state index is 11.6. The summed E-state index contributed by atoms with van der Waals surface area (Å²) in [6.45, 7) is -1.30. The lowest BCUT2D eigenvalue weighted by Crippen LogP contribution is -2.19. The average molecular weight is 164 g/mol. The minimum Gasteiger partial charge on any atom is -0.338 e. The molecule has 0 aliphatic rings. The molecule has 1 atom stereocenters. The van der Waals surface area contributed by atoms with Gasteiger partial charge < -0.3 is 4.74 Å². The molecule has 0 aromatic heterocycles. The van der Waals surface area contributed by atoms with Crippen LogP contribution in [0.25, 0.3) is 0 Å². The fraction of sp³-hybridized carbons (Fsp3) is 1.00. The highest BCUT2D eigenvalue weighted by atomic mass is 19.3. The van der Waals surface area contributed by atoms with E-state index in [0.717, 1.165) is 0 Å². The summed E-state index contributed by atoms with van der Waals surface area (Å²) < 4.78 is 59.5. The van der Waals surface area contributed by atoms with Crippen LogP contribution in [0, 0.1) is 0 Å². The fourth-order valence-electron chi connectivity index (χ4n) is 0.237. The molecule has 0 radical (unpaired) electrons. The number of hydrogen-bond acceptors (Lipinski definition) is 1. The molecule has 0 heterocycles. The van der Waals surface area contributed by atoms with Gasteiger partial charge in [0, 0.05) is 0 Å². The van der Waals surface area contributed by atoms with E-state index in [9.17, 15) is 22.0 Å². The molecule has 0 fully saturated rings. The van der Waals surface area contributed by atoms with Crippen LogP contribution in [-0.2, 0) is 4.74 Å². The fourth-order valence-corrected chi connectivity index (χ4v) is 0.237. The molecule has 1 nitrogen and oxygen atoms in total. The topological polar surface area (TPSA) is 9.23 Å². The summed E-state index contributed by atoms with van der Waals surface area (Å²) in [5.74, 6) is 0. The van der Waals surface area contributed by atoms with Crippen LogP contribution in [0.5, 0.6) is 0 Å². The second kappa shape index (κ2) is 4.43. The minimum atomic E-state index is -3.36. The normalized spacial score (nSPS) is 14.7. The Bertz CT molecular complexity index is 85.7. The van der Waals surface area contributed by atoms with E-state index in [-0.39, 0.29) is 0 Å². The Balaban J connectivity index is 3.30. The Morgan fingerprint density at radius 2 is 1.50 bits per heavy atom. The molecule has 0 amide bonds. The molecule has 62 valence electrons. The lowest BCUT2D eigenvalue weighted by atomic mass is 10.7. The molecule has 0 aromatic carbocycles. The van der Waals surface area contributed by atoms with Crippen LogP contribution in [0.15, 0.2) is 0 Å². The summed E-state index contributed by atoms with van der Waals surface area (Å²) >= 11 is 0. The molecule has 1 unspecified atom stereocenters. The van der Waals surface area contributed by atoms with Crippen LogP contribution in [0.4, 0.5) is 22.0 Å². The second-order valence-electron chi connectivity index (χ2n) is 1.41. The van der Waals surface area contributed by atoms with Crippen molar-refractivity contribution < 1.29 is 26.7 Å². The van der Waals surface area contributed by atoms with Crippen LogP contribution in [0.2, 0.25) is 0 Å². The Morgan fingerprint density at radius 3 is 1.80 bits per heavy atom. The number of ether oxygens (including phenoxy) is 1. The minimum absolute atomic E-state index is 1.30. The van der Waals surface area contributed by atoms with Crippen molar-refractivity contribution >= 4 is 0 Å². The smallest absolute Gasteiger partial charge is 0.293 e. The molecule has 0 aliphatic heterocycles. The Labute approximate surface area is 53.8 Å². The second-order valence-corrected chi connectivity index (χ2v) is 1.41. The lowest BCUT2D eigenvalue weighted by molar-refractivity contribution is -0.148. The average Bonchev–Trinajstić information content (AvgIpc) is 1.82. The molecule has 0 spiro atoms. The standard InChI is InChI=1S/C4H5F5O/c5-2(6)1-10-4(9)3(7)8/h2-4H,1H2. The highest BCUT2D eigenvalue weighted by Crippen LogP contribution is 2.07. The van der Waals surface area contributed by atoms with Gasteiger partial charge in [-0.15, -0.1) is 0 Å². The van der Waals surface area contributed by atoms with E-state index in [1.165, 1.54) is 0 Å². The SMILES string of the molecule is FC(F)COC(F)C(F)F. The number of alkyl halides is 5. The molecule has 0 saturated carbocycles. The molecule has 6 heteroatoms. The Morgan fingerprint density at radius 1 is 1.00 bits per heavy atom. The van der Waals surface area contributed by atoms with Gasteiger partial charge in [0.15, 0.2) is 0 Å². The van der Waals surface area contributed by atoms with Crippen LogP contribution in [-0.4, -0.2) is 25.8 Å². The first-order chi connectivity index (χ1) is 4.54. The van der Waals surface area contributed by atoms with Crippen molar-refractivity contribution in [1.29, 1.82) is 0 Å². The number of halogens is 5. The van der Waals surface area contributed by atoms with Crippen molar-refractivity contribution in [3.05, 3.63) is 0 Å². The van der Waals surface area contributed by atoms with E-state index < -0.39 is 25.8 Å². The van der Waals surface area contributed by atoms with E-state index in [1.54, 1.807) is 0 Å². The van der Waals surface area contributed by atoms with Gasteiger partial charge in [-0.2, -0.15) is 0 Å². The first-order valence-electron chi connectivity index (χ1n) is 2.36. The predicted octanol–water partition coefficient (Wildman–Crippen LogP) is 1.83. The summed E-state index contributed by atoms with van der Waals surface area (Å²) in [4.78, 5) is 0. The summed E-state index contributed by atoms with van der Waals surface area (Å²) in [5, 5.41) is 0. The van der Waals surface area contributed by atoms with Gasteiger partial charge in [0.1, 0.15) is 6.61 Å². The zero-order valence-corrected chi connectivity index (χ0v) is 4.74. The molecule has 0 N–H and O–H groups in total. The third-order valence-electron chi connectivity index (χ3n) is 0.580. The highest BCUT2D eigenvalue weighted by molar-refractivity contribution is 4.44. The van der Waals surface area contributed by atoms with Crippen LogP contribution >= 0.6 is 0 Å². The first kappa shape index (κ1) is 9.61. The summed E-state index contributed by atoms with van der Waals surface area (Å²) in [5.41, 5.74) is 0. The number of hydrogen-bond donors (Lipinski definition) is 0. The third-order valence-corrected chi connectivity index (χ3v) is 0.580.